The fourth-order valence-corrected chi connectivity index (χ4v) is 5.93. The maximum atomic E-state index is 11.4. The van der Waals surface area contributed by atoms with Gasteiger partial charge in [-0.1, -0.05) is 91.0 Å². The van der Waals surface area contributed by atoms with Crippen molar-refractivity contribution in [2.24, 2.45) is 0 Å². The van der Waals surface area contributed by atoms with Crippen LogP contribution in [0.1, 0.15) is 23.1 Å². The van der Waals surface area contributed by atoms with Gasteiger partial charge in [-0.25, -0.2) is 0 Å². The Balaban J connectivity index is 1.36. The Labute approximate surface area is 271 Å². The van der Waals surface area contributed by atoms with Crippen LogP contribution < -0.4 is 0 Å². The fraction of sp³-hybridized carbons (Fsp3) is 0.500. The maximum Gasteiger partial charge on any atom is 0.184 e. The van der Waals surface area contributed by atoms with Gasteiger partial charge in [-0.05, 0) is 16.7 Å². The SMILES string of the molecule is COC[C@H]1O[C@@H](OC[C@H]2O[C@H](O)[C@H](OCc3ccccc3)[C@@H](OCc3ccccc3)[C@@H]2OCc2ccccc2)C[C@@H](OC)[C@@H]1OC. The summed E-state index contributed by atoms with van der Waals surface area (Å²) in [7, 11) is 4.88. The highest BCUT2D eigenvalue weighted by Crippen LogP contribution is 2.31. The van der Waals surface area contributed by atoms with Crippen molar-refractivity contribution >= 4 is 0 Å². The Morgan fingerprint density at radius 3 is 1.57 bits per heavy atom. The number of rotatable bonds is 16. The summed E-state index contributed by atoms with van der Waals surface area (Å²) < 4.78 is 54.9. The molecule has 0 bridgehead atoms. The Morgan fingerprint density at radius 2 is 1.07 bits per heavy atom. The van der Waals surface area contributed by atoms with Crippen LogP contribution in [0.2, 0.25) is 0 Å². The summed E-state index contributed by atoms with van der Waals surface area (Å²) in [6.45, 7) is 1.23. The highest BCUT2D eigenvalue weighted by atomic mass is 16.7. The molecule has 0 aromatic heterocycles. The normalized spacial score (nSPS) is 29.9. The van der Waals surface area contributed by atoms with Crippen molar-refractivity contribution in [3.63, 3.8) is 0 Å². The summed E-state index contributed by atoms with van der Waals surface area (Å²) in [5, 5.41) is 11.4. The van der Waals surface area contributed by atoms with Crippen LogP contribution in [0.5, 0.6) is 0 Å². The van der Waals surface area contributed by atoms with Crippen LogP contribution in [-0.2, 0) is 62.5 Å². The Hall–Kier alpha value is -2.74. The third kappa shape index (κ3) is 9.42. The molecule has 2 aliphatic rings. The van der Waals surface area contributed by atoms with Crippen molar-refractivity contribution in [2.75, 3.05) is 34.5 Å². The van der Waals surface area contributed by atoms with E-state index in [-0.39, 0.29) is 31.5 Å². The molecule has 2 heterocycles. The summed E-state index contributed by atoms with van der Waals surface area (Å²) >= 11 is 0. The van der Waals surface area contributed by atoms with Crippen molar-refractivity contribution in [2.45, 2.75) is 81.5 Å². The molecule has 3 aromatic rings. The third-order valence-corrected chi connectivity index (χ3v) is 8.30. The maximum absolute atomic E-state index is 11.4. The molecule has 0 amide bonds. The standard InChI is InChI=1S/C36H46O10/c1-38-23-29-32(40-3)28(39-2)19-31(45-29)41-24-30-33(42-20-25-13-7-4-8-14-25)34(43-21-26-15-9-5-10-16-26)35(36(37)46-30)44-22-27-17-11-6-12-18-27/h4-18,28-37H,19-24H2,1-3H3/t28-,29-,30-,31-,32+,33-,34+,35-,36+/m1/s1. The lowest BCUT2D eigenvalue weighted by Gasteiger charge is -2.45. The van der Waals surface area contributed by atoms with Crippen molar-refractivity contribution in [1.29, 1.82) is 0 Å². The second-order valence-electron chi connectivity index (χ2n) is 11.5. The predicted molar refractivity (Wildman–Crippen MR) is 169 cm³/mol. The minimum absolute atomic E-state index is 0.0611. The van der Waals surface area contributed by atoms with Crippen molar-refractivity contribution in [3.8, 4) is 0 Å². The molecule has 10 heteroatoms. The summed E-state index contributed by atoms with van der Waals surface area (Å²) in [5.41, 5.74) is 2.94. The van der Waals surface area contributed by atoms with Gasteiger partial charge >= 0.3 is 0 Å². The van der Waals surface area contributed by atoms with Crippen LogP contribution in [-0.4, -0.2) is 95.0 Å². The number of methoxy groups -OCH3 is 3. The minimum Gasteiger partial charge on any atom is -0.382 e. The van der Waals surface area contributed by atoms with Crippen LogP contribution in [0.3, 0.4) is 0 Å². The minimum atomic E-state index is -1.30. The van der Waals surface area contributed by atoms with E-state index in [2.05, 4.69) is 0 Å². The second kappa shape index (κ2) is 18.0. The van der Waals surface area contributed by atoms with Crippen LogP contribution >= 0.6 is 0 Å². The van der Waals surface area contributed by atoms with Gasteiger partial charge in [0.2, 0.25) is 0 Å². The van der Waals surface area contributed by atoms with Gasteiger partial charge < -0.3 is 47.7 Å². The largest absolute Gasteiger partial charge is 0.382 e. The van der Waals surface area contributed by atoms with E-state index < -0.39 is 37.0 Å². The number of hydrogen-bond donors (Lipinski definition) is 1. The quantitative estimate of drug-likeness (QED) is 0.245. The topological polar surface area (TPSA) is 103 Å². The van der Waals surface area contributed by atoms with Crippen molar-refractivity contribution < 1.29 is 47.7 Å². The lowest BCUT2D eigenvalue weighted by molar-refractivity contribution is -0.329. The monoisotopic (exact) mass is 638 g/mol. The summed E-state index contributed by atoms with van der Waals surface area (Å²) in [4.78, 5) is 0. The summed E-state index contributed by atoms with van der Waals surface area (Å²) in [6.07, 6.45) is -5.33. The van der Waals surface area contributed by atoms with Crippen molar-refractivity contribution in [3.05, 3.63) is 108 Å². The van der Waals surface area contributed by atoms with E-state index in [1.807, 2.05) is 91.0 Å². The number of hydrogen-bond acceptors (Lipinski definition) is 10. The molecule has 10 nitrogen and oxygen atoms in total. The molecular weight excluding hydrogens is 592 g/mol. The Morgan fingerprint density at radius 1 is 0.565 bits per heavy atom. The van der Waals surface area contributed by atoms with Crippen LogP contribution in [0.15, 0.2) is 91.0 Å². The molecule has 0 spiro atoms. The molecule has 3 aromatic carbocycles. The van der Waals surface area contributed by atoms with Gasteiger partial charge in [-0.2, -0.15) is 0 Å². The van der Waals surface area contributed by atoms with E-state index in [4.69, 9.17) is 42.6 Å². The highest BCUT2D eigenvalue weighted by Gasteiger charge is 2.49. The highest BCUT2D eigenvalue weighted by molar-refractivity contribution is 5.15. The van der Waals surface area contributed by atoms with Gasteiger partial charge in [-0.15, -0.1) is 0 Å². The lowest BCUT2D eigenvalue weighted by Crippen LogP contribution is -2.61. The molecule has 0 aliphatic carbocycles. The van der Waals surface area contributed by atoms with Crippen LogP contribution in [0.25, 0.3) is 0 Å². The number of aliphatic hydroxyl groups excluding tert-OH is 1. The van der Waals surface area contributed by atoms with Gasteiger partial charge in [0.05, 0.1) is 39.1 Å². The van der Waals surface area contributed by atoms with Gasteiger partial charge in [0.25, 0.3) is 0 Å². The number of aliphatic hydroxyl groups is 1. The van der Waals surface area contributed by atoms with Gasteiger partial charge in [0, 0.05) is 27.8 Å². The smallest absolute Gasteiger partial charge is 0.184 e. The van der Waals surface area contributed by atoms with E-state index in [0.717, 1.165) is 16.7 Å². The first-order valence-corrected chi connectivity index (χ1v) is 15.7. The van der Waals surface area contributed by atoms with Crippen LogP contribution in [0.4, 0.5) is 0 Å². The molecule has 5 rings (SSSR count). The zero-order valence-corrected chi connectivity index (χ0v) is 26.7. The Bertz CT molecular complexity index is 1250. The lowest BCUT2D eigenvalue weighted by atomic mass is 9.97. The zero-order valence-electron chi connectivity index (χ0n) is 26.7. The first-order valence-electron chi connectivity index (χ1n) is 15.7. The Kier molecular flexibility index (Phi) is 13.5. The van der Waals surface area contributed by atoms with E-state index in [0.29, 0.717) is 26.2 Å². The summed E-state index contributed by atoms with van der Waals surface area (Å²) in [5.74, 6) is 0. The molecule has 2 saturated heterocycles. The summed E-state index contributed by atoms with van der Waals surface area (Å²) in [6, 6.07) is 29.5. The van der Waals surface area contributed by atoms with Gasteiger partial charge in [0.1, 0.15) is 36.6 Å². The first-order chi connectivity index (χ1) is 22.6. The molecule has 2 aliphatic heterocycles. The van der Waals surface area contributed by atoms with Crippen LogP contribution in [0, 0.1) is 0 Å². The molecule has 0 unspecified atom stereocenters. The molecule has 46 heavy (non-hydrogen) atoms. The van der Waals surface area contributed by atoms with Gasteiger partial charge in [0.15, 0.2) is 12.6 Å². The van der Waals surface area contributed by atoms with Gasteiger partial charge in [-0.3, -0.25) is 0 Å². The number of benzene rings is 3. The predicted octanol–water partition coefficient (Wildman–Crippen LogP) is 4.27. The third-order valence-electron chi connectivity index (χ3n) is 8.30. The molecule has 0 radical (unpaired) electrons. The number of ether oxygens (including phenoxy) is 9. The van der Waals surface area contributed by atoms with E-state index in [1.165, 1.54) is 0 Å². The average Bonchev–Trinajstić information content (AvgIpc) is 3.10. The molecular formula is C36H46O10. The zero-order chi connectivity index (χ0) is 32.1. The van der Waals surface area contributed by atoms with E-state index >= 15 is 0 Å². The first kappa shape index (κ1) is 34.6. The second-order valence-corrected chi connectivity index (χ2v) is 11.5. The molecule has 0 saturated carbocycles. The van der Waals surface area contributed by atoms with E-state index in [1.54, 1.807) is 21.3 Å². The van der Waals surface area contributed by atoms with E-state index in [9.17, 15) is 5.11 Å². The van der Waals surface area contributed by atoms with Crippen molar-refractivity contribution in [1.82, 2.24) is 0 Å². The molecule has 250 valence electrons. The molecule has 1 N–H and O–H groups in total. The molecule has 9 atom stereocenters. The average molecular weight is 639 g/mol. The fourth-order valence-electron chi connectivity index (χ4n) is 5.93. The molecule has 2 fully saturated rings.